The third-order valence-electron chi connectivity index (χ3n) is 2.79. The molecule has 0 saturated carbocycles. The van der Waals surface area contributed by atoms with Gasteiger partial charge in [-0.05, 0) is 36.6 Å². The lowest BCUT2D eigenvalue weighted by Crippen LogP contribution is -2.39. The molecule has 0 aliphatic heterocycles. The molecule has 0 unspecified atom stereocenters. The maximum atomic E-state index is 11.6. The summed E-state index contributed by atoms with van der Waals surface area (Å²) >= 11 is 0. The molecule has 130 valence electrons. The Morgan fingerprint density at radius 1 is 1.29 bits per heavy atom. The Morgan fingerprint density at radius 3 is 2.58 bits per heavy atom. The number of ether oxygens (including phenoxy) is 1. The van der Waals surface area contributed by atoms with E-state index in [1.807, 2.05) is 13.8 Å². The van der Waals surface area contributed by atoms with E-state index < -0.39 is 17.8 Å². The van der Waals surface area contributed by atoms with Crippen LogP contribution in [-0.4, -0.2) is 37.1 Å². The number of carbonyl (C=O) groups is 3. The number of nitrogens with zero attached hydrogens (tertiary/aromatic N) is 1. The van der Waals surface area contributed by atoms with Gasteiger partial charge in [0.25, 0.3) is 0 Å². The normalized spacial score (nSPS) is 10.7. The van der Waals surface area contributed by atoms with Crippen LogP contribution in [0.5, 0.6) is 5.75 Å². The Bertz CT molecular complexity index is 641. The summed E-state index contributed by atoms with van der Waals surface area (Å²) in [6.07, 6.45) is 1.20. The number of hydrogen-bond donors (Lipinski definition) is 2. The zero-order valence-corrected chi connectivity index (χ0v) is 13.8. The molecule has 0 spiro atoms. The molecule has 2 N–H and O–H groups in total. The monoisotopic (exact) mass is 334 g/mol. The van der Waals surface area contributed by atoms with E-state index in [4.69, 9.17) is 4.74 Å². The Kier molecular flexibility index (Phi) is 7.41. The average molecular weight is 334 g/mol. The van der Waals surface area contributed by atoms with E-state index >= 15 is 0 Å². The average Bonchev–Trinajstić information content (AvgIpc) is 2.53. The molecule has 1 aromatic rings. The van der Waals surface area contributed by atoms with Gasteiger partial charge in [0.15, 0.2) is 0 Å². The molecule has 0 heterocycles. The van der Waals surface area contributed by atoms with Gasteiger partial charge in [0.2, 0.25) is 0 Å². The third kappa shape index (κ3) is 6.07. The van der Waals surface area contributed by atoms with Crippen LogP contribution in [0.1, 0.15) is 36.7 Å². The molecule has 2 amide bonds. The van der Waals surface area contributed by atoms with Gasteiger partial charge < -0.3 is 20.0 Å². The molecule has 1 aromatic carbocycles. The van der Waals surface area contributed by atoms with E-state index in [-0.39, 0.29) is 11.5 Å². The predicted molar refractivity (Wildman–Crippen MR) is 85.5 cm³/mol. The van der Waals surface area contributed by atoms with E-state index in [9.17, 15) is 19.5 Å². The number of carboxylic acids is 1. The zero-order chi connectivity index (χ0) is 18.1. The van der Waals surface area contributed by atoms with Gasteiger partial charge in [-0.25, -0.2) is 5.43 Å². The highest BCUT2D eigenvalue weighted by Gasteiger charge is 2.12. The Labute approximate surface area is 139 Å². The summed E-state index contributed by atoms with van der Waals surface area (Å²) in [4.78, 5) is 34.0. The standard InChI is InChI=1S/C16H21N3O5/c1-4-24-13-6-5-11(16(22)23)7-12(13)9-18-19-15(21)14(20)17-8-10(2)3/h5-7,9-10H,4,8H2,1-3H3,(H,17,20)(H,19,21)(H,22,23)/p-1/b18-9-. The second-order valence-corrected chi connectivity index (χ2v) is 5.28. The van der Waals surface area contributed by atoms with Crippen molar-refractivity contribution in [2.45, 2.75) is 20.8 Å². The molecular weight excluding hydrogens is 314 g/mol. The largest absolute Gasteiger partial charge is 0.545 e. The smallest absolute Gasteiger partial charge is 0.329 e. The van der Waals surface area contributed by atoms with Crippen molar-refractivity contribution in [3.8, 4) is 5.75 Å². The van der Waals surface area contributed by atoms with Crippen molar-refractivity contribution >= 4 is 24.0 Å². The first-order valence-electron chi connectivity index (χ1n) is 7.44. The van der Waals surface area contributed by atoms with Crippen LogP contribution < -0.4 is 20.6 Å². The number of aromatic carboxylic acids is 1. The number of hydrazone groups is 1. The maximum Gasteiger partial charge on any atom is 0.329 e. The topological polar surface area (TPSA) is 120 Å². The molecule has 0 aromatic heterocycles. The van der Waals surface area contributed by atoms with Crippen LogP contribution >= 0.6 is 0 Å². The van der Waals surface area contributed by atoms with Crippen molar-refractivity contribution in [3.63, 3.8) is 0 Å². The first kappa shape index (κ1) is 19.1. The van der Waals surface area contributed by atoms with Gasteiger partial charge in [0.1, 0.15) is 5.75 Å². The van der Waals surface area contributed by atoms with Crippen molar-refractivity contribution < 1.29 is 24.2 Å². The molecule has 0 bridgehead atoms. The summed E-state index contributed by atoms with van der Waals surface area (Å²) in [5, 5.41) is 17.0. The Hall–Kier alpha value is -2.90. The molecule has 0 radical (unpaired) electrons. The van der Waals surface area contributed by atoms with Crippen molar-refractivity contribution in [1.29, 1.82) is 0 Å². The number of rotatable bonds is 7. The number of nitrogens with one attached hydrogen (secondary N) is 2. The highest BCUT2D eigenvalue weighted by molar-refractivity contribution is 6.35. The van der Waals surface area contributed by atoms with Crippen LogP contribution in [0.4, 0.5) is 0 Å². The first-order valence-corrected chi connectivity index (χ1v) is 7.44. The lowest BCUT2D eigenvalue weighted by molar-refractivity contribution is -0.255. The second-order valence-electron chi connectivity index (χ2n) is 5.28. The van der Waals surface area contributed by atoms with Crippen molar-refractivity contribution in [2.75, 3.05) is 13.2 Å². The summed E-state index contributed by atoms with van der Waals surface area (Å²) in [6, 6.07) is 4.11. The van der Waals surface area contributed by atoms with Gasteiger partial charge in [-0.2, -0.15) is 5.10 Å². The van der Waals surface area contributed by atoms with E-state index in [1.165, 1.54) is 24.4 Å². The molecular formula is C16H20N3O5-. The molecule has 8 heteroatoms. The minimum atomic E-state index is -1.34. The first-order chi connectivity index (χ1) is 11.3. The fourth-order valence-electron chi connectivity index (χ4n) is 1.65. The summed E-state index contributed by atoms with van der Waals surface area (Å²) in [5.41, 5.74) is 2.35. The van der Waals surface area contributed by atoms with Crippen LogP contribution in [-0.2, 0) is 9.59 Å². The van der Waals surface area contributed by atoms with E-state index in [0.29, 0.717) is 24.5 Å². The number of benzene rings is 1. The van der Waals surface area contributed by atoms with Gasteiger partial charge >= 0.3 is 11.8 Å². The molecule has 0 fully saturated rings. The molecule has 0 atom stereocenters. The minimum absolute atomic E-state index is 0.0547. The van der Waals surface area contributed by atoms with Gasteiger partial charge in [-0.15, -0.1) is 0 Å². The zero-order valence-electron chi connectivity index (χ0n) is 13.8. The van der Waals surface area contributed by atoms with Gasteiger partial charge in [0, 0.05) is 12.1 Å². The molecule has 1 rings (SSSR count). The summed E-state index contributed by atoms with van der Waals surface area (Å²) < 4.78 is 5.35. The Balaban J connectivity index is 2.77. The number of carboxylic acid groups (broad SMARTS) is 1. The van der Waals surface area contributed by atoms with Crippen LogP contribution in [0, 0.1) is 5.92 Å². The molecule has 0 aliphatic carbocycles. The number of carbonyl (C=O) groups excluding carboxylic acids is 3. The molecule has 8 nitrogen and oxygen atoms in total. The van der Waals surface area contributed by atoms with Crippen molar-refractivity contribution in [2.24, 2.45) is 11.0 Å². The van der Waals surface area contributed by atoms with Crippen molar-refractivity contribution in [3.05, 3.63) is 29.3 Å². The maximum absolute atomic E-state index is 11.6. The summed E-state index contributed by atoms with van der Waals surface area (Å²) in [6.45, 7) is 6.31. The summed E-state index contributed by atoms with van der Waals surface area (Å²) in [5.74, 6) is -2.45. The lowest BCUT2D eigenvalue weighted by Gasteiger charge is -2.10. The van der Waals surface area contributed by atoms with E-state index in [2.05, 4.69) is 15.8 Å². The van der Waals surface area contributed by atoms with Crippen LogP contribution in [0.3, 0.4) is 0 Å². The highest BCUT2D eigenvalue weighted by atomic mass is 16.5. The van der Waals surface area contributed by atoms with Crippen LogP contribution in [0.2, 0.25) is 0 Å². The fourth-order valence-corrected chi connectivity index (χ4v) is 1.65. The fraction of sp³-hybridized carbons (Fsp3) is 0.375. The second kappa shape index (κ2) is 9.29. The predicted octanol–water partition coefficient (Wildman–Crippen LogP) is -0.329. The van der Waals surface area contributed by atoms with Crippen LogP contribution in [0.25, 0.3) is 0 Å². The quantitative estimate of drug-likeness (QED) is 0.402. The molecule has 0 aliphatic rings. The number of hydrogen-bond acceptors (Lipinski definition) is 6. The van der Waals surface area contributed by atoms with E-state index in [1.54, 1.807) is 6.92 Å². The SMILES string of the molecule is CCOc1ccc(C(=O)[O-])cc1/C=N\NC(=O)C(=O)NCC(C)C. The lowest BCUT2D eigenvalue weighted by atomic mass is 10.1. The van der Waals surface area contributed by atoms with Gasteiger partial charge in [-0.3, -0.25) is 9.59 Å². The van der Waals surface area contributed by atoms with Gasteiger partial charge in [0.05, 0.1) is 18.8 Å². The number of amides is 2. The Morgan fingerprint density at radius 2 is 2.00 bits per heavy atom. The molecule has 0 saturated heterocycles. The highest BCUT2D eigenvalue weighted by Crippen LogP contribution is 2.18. The molecule has 24 heavy (non-hydrogen) atoms. The minimum Gasteiger partial charge on any atom is -0.545 e. The van der Waals surface area contributed by atoms with Gasteiger partial charge in [-0.1, -0.05) is 13.8 Å². The summed E-state index contributed by atoms with van der Waals surface area (Å²) in [7, 11) is 0. The van der Waals surface area contributed by atoms with E-state index in [0.717, 1.165) is 0 Å². The van der Waals surface area contributed by atoms with Crippen LogP contribution in [0.15, 0.2) is 23.3 Å². The van der Waals surface area contributed by atoms with Crippen molar-refractivity contribution in [1.82, 2.24) is 10.7 Å². The third-order valence-corrected chi connectivity index (χ3v) is 2.79.